The van der Waals surface area contributed by atoms with Gasteiger partial charge in [-0.15, -0.1) is 0 Å². The molecule has 0 aliphatic carbocycles. The number of nitrogens with two attached hydrogens (primary N) is 1. The van der Waals surface area contributed by atoms with Crippen LogP contribution in [0.2, 0.25) is 0 Å². The minimum absolute atomic E-state index is 0.157. The summed E-state index contributed by atoms with van der Waals surface area (Å²) in [4.78, 5) is 46.5. The molecule has 9 heteroatoms. The lowest BCUT2D eigenvalue weighted by Crippen LogP contribution is -2.53. The molecule has 1 rings (SSSR count). The smallest absolute Gasteiger partial charge is 0.328 e. The van der Waals surface area contributed by atoms with E-state index >= 15 is 0 Å². The van der Waals surface area contributed by atoms with Crippen molar-refractivity contribution in [1.82, 2.24) is 10.6 Å². The molecule has 0 saturated carbocycles. The van der Waals surface area contributed by atoms with E-state index in [1.165, 1.54) is 7.11 Å². The monoisotopic (exact) mass is 351 g/mol. The molecule has 0 saturated heterocycles. The fourth-order valence-electron chi connectivity index (χ4n) is 2.09. The van der Waals surface area contributed by atoms with Crippen LogP contribution in [0.5, 0.6) is 0 Å². The topological polar surface area (TPSA) is 148 Å². The van der Waals surface area contributed by atoms with Crippen LogP contribution in [0.1, 0.15) is 12.0 Å². The molecule has 9 nitrogen and oxygen atoms in total. The zero-order chi connectivity index (χ0) is 18.8. The molecule has 0 spiro atoms. The summed E-state index contributed by atoms with van der Waals surface area (Å²) in [5.41, 5.74) is 5.94. The van der Waals surface area contributed by atoms with Crippen LogP contribution in [0.4, 0.5) is 0 Å². The first-order valence-corrected chi connectivity index (χ1v) is 7.50. The molecule has 0 fully saturated rings. The van der Waals surface area contributed by atoms with Crippen LogP contribution >= 0.6 is 0 Å². The molecule has 0 unspecified atom stereocenters. The molecule has 0 aliphatic rings. The van der Waals surface area contributed by atoms with Crippen molar-refractivity contribution >= 4 is 23.8 Å². The van der Waals surface area contributed by atoms with Gasteiger partial charge in [-0.05, 0) is 5.56 Å². The van der Waals surface area contributed by atoms with Crippen molar-refractivity contribution in [3.8, 4) is 0 Å². The number of esters is 1. The van der Waals surface area contributed by atoms with Crippen LogP contribution in [-0.4, -0.2) is 54.6 Å². The van der Waals surface area contributed by atoms with Gasteiger partial charge in [0.1, 0.15) is 12.1 Å². The summed E-state index contributed by atoms with van der Waals surface area (Å²) in [5, 5.41) is 13.5. The Labute approximate surface area is 144 Å². The Hall–Kier alpha value is -2.94. The number of rotatable bonds is 9. The summed E-state index contributed by atoms with van der Waals surface area (Å²) >= 11 is 0. The molecule has 0 aliphatic heterocycles. The number of amides is 2. The Morgan fingerprint density at radius 1 is 1.12 bits per heavy atom. The summed E-state index contributed by atoms with van der Waals surface area (Å²) in [7, 11) is 1.18. The highest BCUT2D eigenvalue weighted by atomic mass is 16.5. The van der Waals surface area contributed by atoms with Crippen LogP contribution < -0.4 is 16.4 Å². The number of carbonyl (C=O) groups is 4. The number of hydrogen-bond acceptors (Lipinski definition) is 6. The van der Waals surface area contributed by atoms with E-state index < -0.39 is 48.8 Å². The summed E-state index contributed by atoms with van der Waals surface area (Å²) in [5.74, 6) is -3.46. The molecule has 0 aromatic heterocycles. The van der Waals surface area contributed by atoms with Crippen molar-refractivity contribution in [2.75, 3.05) is 13.7 Å². The lowest BCUT2D eigenvalue weighted by molar-refractivity contribution is -0.145. The molecular weight excluding hydrogens is 330 g/mol. The normalized spacial score (nSPS) is 12.6. The number of carboxylic acid groups (broad SMARTS) is 1. The molecule has 136 valence electrons. The van der Waals surface area contributed by atoms with Gasteiger partial charge in [0.15, 0.2) is 0 Å². The van der Waals surface area contributed by atoms with Crippen molar-refractivity contribution in [2.45, 2.75) is 24.9 Å². The third-order valence-electron chi connectivity index (χ3n) is 3.30. The fourth-order valence-corrected chi connectivity index (χ4v) is 2.09. The van der Waals surface area contributed by atoms with Crippen molar-refractivity contribution in [3.63, 3.8) is 0 Å². The lowest BCUT2D eigenvalue weighted by Gasteiger charge is -2.21. The van der Waals surface area contributed by atoms with E-state index in [-0.39, 0.29) is 6.42 Å². The number of ether oxygens (including phenoxy) is 1. The first-order valence-electron chi connectivity index (χ1n) is 7.50. The van der Waals surface area contributed by atoms with E-state index in [4.69, 9.17) is 10.8 Å². The number of nitrogens with one attached hydrogen (secondary N) is 2. The van der Waals surface area contributed by atoms with Crippen LogP contribution in [0.3, 0.4) is 0 Å². The van der Waals surface area contributed by atoms with Crippen molar-refractivity contribution in [2.24, 2.45) is 5.73 Å². The second kappa shape index (κ2) is 10.0. The molecule has 1 aromatic carbocycles. The van der Waals surface area contributed by atoms with E-state index in [0.717, 1.165) is 5.56 Å². The highest BCUT2D eigenvalue weighted by Crippen LogP contribution is 2.05. The van der Waals surface area contributed by atoms with Gasteiger partial charge in [0.25, 0.3) is 0 Å². The van der Waals surface area contributed by atoms with Gasteiger partial charge in [0.05, 0.1) is 20.1 Å². The SMILES string of the molecule is COC(=O)[C@H](Cc1ccccc1)NC(=O)[C@H](CC(=O)O)NC(=O)CN. The van der Waals surface area contributed by atoms with Crippen LogP contribution in [0.15, 0.2) is 30.3 Å². The number of hydrogen-bond donors (Lipinski definition) is 4. The Balaban J connectivity index is 2.87. The van der Waals surface area contributed by atoms with E-state index in [1.807, 2.05) is 0 Å². The fraction of sp³-hybridized carbons (Fsp3) is 0.375. The Kier molecular flexibility index (Phi) is 8.07. The number of methoxy groups -OCH3 is 1. The second-order valence-electron chi connectivity index (χ2n) is 5.20. The maximum absolute atomic E-state index is 12.3. The second-order valence-corrected chi connectivity index (χ2v) is 5.20. The van der Waals surface area contributed by atoms with Gasteiger partial charge in [-0.25, -0.2) is 4.79 Å². The predicted octanol–water partition coefficient (Wildman–Crippen LogP) is -1.19. The average molecular weight is 351 g/mol. The number of carboxylic acids is 1. The Bertz CT molecular complexity index is 620. The molecule has 0 heterocycles. The highest BCUT2D eigenvalue weighted by molar-refractivity contribution is 5.93. The number of benzene rings is 1. The summed E-state index contributed by atoms with van der Waals surface area (Å²) < 4.78 is 4.67. The number of aliphatic carboxylic acids is 1. The Morgan fingerprint density at radius 3 is 2.28 bits per heavy atom. The molecule has 0 radical (unpaired) electrons. The maximum Gasteiger partial charge on any atom is 0.328 e. The van der Waals surface area contributed by atoms with Gasteiger partial charge in [0, 0.05) is 6.42 Å². The molecule has 2 amide bonds. The first kappa shape index (κ1) is 20.1. The largest absolute Gasteiger partial charge is 0.481 e. The molecule has 25 heavy (non-hydrogen) atoms. The first-order chi connectivity index (χ1) is 11.9. The lowest BCUT2D eigenvalue weighted by atomic mass is 10.1. The van der Waals surface area contributed by atoms with Gasteiger partial charge in [-0.1, -0.05) is 30.3 Å². The molecular formula is C16H21N3O6. The highest BCUT2D eigenvalue weighted by Gasteiger charge is 2.28. The molecule has 2 atom stereocenters. The van der Waals surface area contributed by atoms with Gasteiger partial charge in [-0.3, -0.25) is 14.4 Å². The van der Waals surface area contributed by atoms with Crippen molar-refractivity contribution in [3.05, 3.63) is 35.9 Å². The summed E-state index contributed by atoms with van der Waals surface area (Å²) in [6.07, 6.45) is -0.485. The minimum Gasteiger partial charge on any atom is -0.481 e. The number of carbonyl (C=O) groups excluding carboxylic acids is 3. The van der Waals surface area contributed by atoms with Crippen LogP contribution in [0.25, 0.3) is 0 Å². The van der Waals surface area contributed by atoms with Crippen LogP contribution in [0, 0.1) is 0 Å². The predicted molar refractivity (Wildman–Crippen MR) is 87.3 cm³/mol. The average Bonchev–Trinajstić information content (AvgIpc) is 2.60. The Morgan fingerprint density at radius 2 is 1.76 bits per heavy atom. The molecule has 0 bridgehead atoms. The van der Waals surface area contributed by atoms with Gasteiger partial charge < -0.3 is 26.2 Å². The van der Waals surface area contributed by atoms with Crippen LogP contribution in [-0.2, 0) is 30.3 Å². The van der Waals surface area contributed by atoms with Gasteiger partial charge in [-0.2, -0.15) is 0 Å². The van der Waals surface area contributed by atoms with Gasteiger partial charge in [0.2, 0.25) is 11.8 Å². The summed E-state index contributed by atoms with van der Waals surface area (Å²) in [6.45, 7) is -0.395. The zero-order valence-corrected chi connectivity index (χ0v) is 13.7. The molecule has 5 N–H and O–H groups in total. The van der Waals surface area contributed by atoms with Gasteiger partial charge >= 0.3 is 11.9 Å². The molecule has 1 aromatic rings. The van der Waals surface area contributed by atoms with Crippen molar-refractivity contribution < 1.29 is 29.0 Å². The third kappa shape index (κ3) is 7.00. The standard InChI is InChI=1S/C16H21N3O6/c1-25-16(24)12(7-10-5-3-2-4-6-10)19-15(23)11(8-14(21)22)18-13(20)9-17/h2-6,11-12H,7-9,17H2,1H3,(H,18,20)(H,19,23)(H,21,22)/t11-,12-/m0/s1. The third-order valence-corrected chi connectivity index (χ3v) is 3.30. The van der Waals surface area contributed by atoms with Crippen molar-refractivity contribution in [1.29, 1.82) is 0 Å². The van der Waals surface area contributed by atoms with E-state index in [0.29, 0.717) is 0 Å². The quantitative estimate of drug-likeness (QED) is 0.409. The minimum atomic E-state index is -1.35. The maximum atomic E-state index is 12.3. The van der Waals surface area contributed by atoms with E-state index in [1.54, 1.807) is 30.3 Å². The summed E-state index contributed by atoms with van der Waals surface area (Å²) in [6, 6.07) is 6.53. The van der Waals surface area contributed by atoms with E-state index in [9.17, 15) is 19.2 Å². The zero-order valence-electron chi connectivity index (χ0n) is 13.7. The van der Waals surface area contributed by atoms with E-state index in [2.05, 4.69) is 15.4 Å².